The number of Topliss-reactive ketones (excluding diaryl/α,β-unsaturated/α-hetero) is 1. The molecule has 0 spiro atoms. The molecule has 0 aliphatic carbocycles. The molecule has 0 aromatic heterocycles. The number of hydrogen-bond acceptors (Lipinski definition) is 5. The smallest absolute Gasteiger partial charge is 0.303 e. The molecule has 1 rings (SSSR count). The fourth-order valence-corrected chi connectivity index (χ4v) is 2.52. The van der Waals surface area contributed by atoms with Crippen LogP contribution in [0.4, 0.5) is 0 Å². The maximum Gasteiger partial charge on any atom is 0.303 e. The highest BCUT2D eigenvalue weighted by Gasteiger charge is 2.28. The third-order valence-corrected chi connectivity index (χ3v) is 3.49. The highest BCUT2D eigenvalue weighted by molar-refractivity contribution is 8.00. The van der Waals surface area contributed by atoms with Crippen molar-refractivity contribution in [2.75, 3.05) is 19.3 Å². The second-order valence-corrected chi connectivity index (χ2v) is 4.59. The van der Waals surface area contributed by atoms with Gasteiger partial charge in [-0.2, -0.15) is 0 Å². The minimum Gasteiger partial charge on any atom is -0.481 e. The lowest BCUT2D eigenvalue weighted by Crippen LogP contribution is -2.43. The van der Waals surface area contributed by atoms with E-state index < -0.39 is 5.97 Å². The molecular weight excluding hydrogens is 216 g/mol. The van der Waals surface area contributed by atoms with Crippen LogP contribution in [-0.4, -0.2) is 47.6 Å². The zero-order valence-electron chi connectivity index (χ0n) is 8.66. The Morgan fingerprint density at radius 2 is 2.40 bits per heavy atom. The summed E-state index contributed by atoms with van der Waals surface area (Å²) in [7, 11) is 1.68. The number of rotatable bonds is 6. The van der Waals surface area contributed by atoms with E-state index in [2.05, 4.69) is 10.6 Å². The average molecular weight is 232 g/mol. The number of carbonyl (C=O) groups excluding carboxylic acids is 1. The SMILES string of the molecule is CNC(CCC(=O)O)C(=O)C1NCCS1. The average Bonchev–Trinajstić information content (AvgIpc) is 2.70. The quantitative estimate of drug-likeness (QED) is 0.582. The summed E-state index contributed by atoms with van der Waals surface area (Å²) in [6, 6.07) is -0.357. The summed E-state index contributed by atoms with van der Waals surface area (Å²) in [5.41, 5.74) is 0. The lowest BCUT2D eigenvalue weighted by Gasteiger charge is -2.17. The van der Waals surface area contributed by atoms with Crippen LogP contribution in [0.5, 0.6) is 0 Å². The van der Waals surface area contributed by atoms with Crippen LogP contribution in [-0.2, 0) is 9.59 Å². The van der Waals surface area contributed by atoms with Crippen molar-refractivity contribution in [3.8, 4) is 0 Å². The van der Waals surface area contributed by atoms with Crippen molar-refractivity contribution in [1.82, 2.24) is 10.6 Å². The molecule has 86 valence electrons. The first-order valence-electron chi connectivity index (χ1n) is 4.93. The van der Waals surface area contributed by atoms with E-state index >= 15 is 0 Å². The standard InChI is InChI=1S/C9H16N2O3S/c1-10-6(2-3-7(12)13)8(14)9-11-4-5-15-9/h6,9-11H,2-5H2,1H3,(H,12,13). The second-order valence-electron chi connectivity index (χ2n) is 3.38. The molecule has 1 heterocycles. The summed E-state index contributed by atoms with van der Waals surface area (Å²) in [6.45, 7) is 0.844. The molecule has 1 aliphatic rings. The largest absolute Gasteiger partial charge is 0.481 e. The zero-order chi connectivity index (χ0) is 11.3. The van der Waals surface area contributed by atoms with E-state index in [0.29, 0.717) is 6.42 Å². The number of aliphatic carboxylic acids is 1. The molecule has 2 unspecified atom stereocenters. The molecule has 15 heavy (non-hydrogen) atoms. The normalized spacial score (nSPS) is 22.6. The summed E-state index contributed by atoms with van der Waals surface area (Å²) in [5.74, 6) is 0.127. The third-order valence-electron chi connectivity index (χ3n) is 2.31. The van der Waals surface area contributed by atoms with Gasteiger partial charge in [0.15, 0.2) is 5.78 Å². The lowest BCUT2D eigenvalue weighted by molar-refractivity contribution is -0.137. The van der Waals surface area contributed by atoms with E-state index in [1.165, 1.54) is 0 Å². The van der Waals surface area contributed by atoms with Gasteiger partial charge in [0.25, 0.3) is 0 Å². The van der Waals surface area contributed by atoms with Gasteiger partial charge in [-0.25, -0.2) is 0 Å². The van der Waals surface area contributed by atoms with Gasteiger partial charge in [-0.15, -0.1) is 11.8 Å². The van der Waals surface area contributed by atoms with Crippen LogP contribution in [0.1, 0.15) is 12.8 Å². The first kappa shape index (κ1) is 12.5. The number of ketones is 1. The molecule has 1 saturated heterocycles. The predicted octanol–water partition coefficient (Wildman–Crippen LogP) is -0.329. The van der Waals surface area contributed by atoms with Gasteiger partial charge in [0.1, 0.15) is 5.37 Å². The molecule has 1 fully saturated rings. The molecule has 0 saturated carbocycles. The van der Waals surface area contributed by atoms with Crippen molar-refractivity contribution >= 4 is 23.5 Å². The van der Waals surface area contributed by atoms with E-state index in [-0.39, 0.29) is 23.6 Å². The van der Waals surface area contributed by atoms with Gasteiger partial charge in [-0.1, -0.05) is 0 Å². The summed E-state index contributed by atoms with van der Waals surface area (Å²) >= 11 is 1.58. The number of carboxylic acid groups (broad SMARTS) is 1. The van der Waals surface area contributed by atoms with Crippen LogP contribution in [0.3, 0.4) is 0 Å². The summed E-state index contributed by atoms with van der Waals surface area (Å²) in [6.07, 6.45) is 0.373. The highest BCUT2D eigenvalue weighted by atomic mass is 32.2. The fourth-order valence-electron chi connectivity index (χ4n) is 1.49. The number of nitrogens with one attached hydrogen (secondary N) is 2. The van der Waals surface area contributed by atoms with Gasteiger partial charge < -0.3 is 10.4 Å². The number of hydrogen-bond donors (Lipinski definition) is 3. The van der Waals surface area contributed by atoms with Crippen LogP contribution < -0.4 is 10.6 Å². The molecule has 5 nitrogen and oxygen atoms in total. The predicted molar refractivity (Wildman–Crippen MR) is 59.0 cm³/mol. The van der Waals surface area contributed by atoms with Gasteiger partial charge in [0.05, 0.1) is 6.04 Å². The Balaban J connectivity index is 2.42. The number of carbonyl (C=O) groups is 2. The summed E-state index contributed by atoms with van der Waals surface area (Å²) in [4.78, 5) is 22.3. The van der Waals surface area contributed by atoms with Gasteiger partial charge in [-0.05, 0) is 13.5 Å². The van der Waals surface area contributed by atoms with Gasteiger partial charge in [-0.3, -0.25) is 14.9 Å². The Morgan fingerprint density at radius 3 is 2.87 bits per heavy atom. The van der Waals surface area contributed by atoms with Crippen LogP contribution in [0.25, 0.3) is 0 Å². The summed E-state index contributed by atoms with van der Waals surface area (Å²) in [5, 5.41) is 14.3. The van der Waals surface area contributed by atoms with E-state index in [9.17, 15) is 9.59 Å². The first-order chi connectivity index (χ1) is 7.15. The van der Waals surface area contributed by atoms with Crippen molar-refractivity contribution in [2.45, 2.75) is 24.3 Å². The van der Waals surface area contributed by atoms with Crippen molar-refractivity contribution in [1.29, 1.82) is 0 Å². The Bertz CT molecular complexity index is 242. The van der Waals surface area contributed by atoms with Gasteiger partial charge in [0, 0.05) is 18.7 Å². The molecule has 0 aromatic carbocycles. The van der Waals surface area contributed by atoms with Gasteiger partial charge in [0.2, 0.25) is 0 Å². The lowest BCUT2D eigenvalue weighted by atomic mass is 10.1. The Morgan fingerprint density at radius 1 is 1.67 bits per heavy atom. The molecule has 1 aliphatic heterocycles. The van der Waals surface area contributed by atoms with Crippen LogP contribution in [0, 0.1) is 0 Å². The maximum atomic E-state index is 11.9. The maximum absolute atomic E-state index is 11.9. The Labute approximate surface area is 93.0 Å². The Hall–Kier alpha value is -0.590. The number of carboxylic acids is 1. The molecule has 2 atom stereocenters. The Kier molecular flexibility index (Phi) is 5.07. The van der Waals surface area contributed by atoms with Crippen molar-refractivity contribution in [3.05, 3.63) is 0 Å². The van der Waals surface area contributed by atoms with Crippen molar-refractivity contribution in [2.24, 2.45) is 0 Å². The summed E-state index contributed by atoms with van der Waals surface area (Å²) < 4.78 is 0. The minimum atomic E-state index is -0.866. The molecule has 0 amide bonds. The zero-order valence-corrected chi connectivity index (χ0v) is 9.47. The first-order valence-corrected chi connectivity index (χ1v) is 5.98. The second kappa shape index (κ2) is 6.09. The fraction of sp³-hybridized carbons (Fsp3) is 0.778. The number of likely N-dealkylation sites (N-methyl/N-ethyl adjacent to an activating group) is 1. The van der Waals surface area contributed by atoms with Crippen LogP contribution in [0.15, 0.2) is 0 Å². The molecule has 3 N–H and O–H groups in total. The molecular formula is C9H16N2O3S. The van der Waals surface area contributed by atoms with E-state index in [4.69, 9.17) is 5.11 Å². The monoisotopic (exact) mass is 232 g/mol. The van der Waals surface area contributed by atoms with E-state index in [1.807, 2.05) is 0 Å². The van der Waals surface area contributed by atoms with Gasteiger partial charge >= 0.3 is 5.97 Å². The molecule has 0 radical (unpaired) electrons. The third kappa shape index (κ3) is 3.81. The van der Waals surface area contributed by atoms with Crippen molar-refractivity contribution in [3.63, 3.8) is 0 Å². The minimum absolute atomic E-state index is 0.0225. The van der Waals surface area contributed by atoms with Crippen LogP contribution >= 0.6 is 11.8 Å². The molecule has 6 heteroatoms. The molecule has 0 bridgehead atoms. The topological polar surface area (TPSA) is 78.4 Å². The number of thioether (sulfide) groups is 1. The molecule has 0 aromatic rings. The van der Waals surface area contributed by atoms with Crippen molar-refractivity contribution < 1.29 is 14.7 Å². The highest BCUT2D eigenvalue weighted by Crippen LogP contribution is 2.17. The van der Waals surface area contributed by atoms with E-state index in [1.54, 1.807) is 18.8 Å². The van der Waals surface area contributed by atoms with Crippen LogP contribution in [0.2, 0.25) is 0 Å². The van der Waals surface area contributed by atoms with E-state index in [0.717, 1.165) is 12.3 Å².